The number of esters is 1. The average Bonchev–Trinajstić information content (AvgIpc) is 2.54. The van der Waals surface area contributed by atoms with E-state index >= 15 is 0 Å². The smallest absolute Gasteiger partial charge is 0.307 e. The number of rotatable bonds is 6. The van der Waals surface area contributed by atoms with E-state index in [4.69, 9.17) is 10.5 Å². The van der Waals surface area contributed by atoms with Gasteiger partial charge in [0.05, 0.1) is 13.0 Å². The lowest BCUT2D eigenvalue weighted by Gasteiger charge is -2.32. The molecule has 1 aromatic carbocycles. The molecule has 0 heterocycles. The predicted molar refractivity (Wildman–Crippen MR) is 104 cm³/mol. The van der Waals surface area contributed by atoms with Gasteiger partial charge in [0, 0.05) is 6.04 Å². The van der Waals surface area contributed by atoms with E-state index in [1.165, 1.54) is 30.4 Å². The maximum absolute atomic E-state index is 11.6. The molecule has 0 amide bonds. The molecule has 3 nitrogen and oxygen atoms in total. The van der Waals surface area contributed by atoms with Crippen molar-refractivity contribution in [3.05, 3.63) is 52.6 Å². The zero-order chi connectivity index (χ0) is 18.4. The molecule has 0 radical (unpaired) electrons. The monoisotopic (exact) mass is 341 g/mol. The van der Waals surface area contributed by atoms with Gasteiger partial charge >= 0.3 is 5.97 Å². The molecule has 3 heteroatoms. The summed E-state index contributed by atoms with van der Waals surface area (Å²) in [6.07, 6.45) is 8.31. The molecule has 0 aliphatic heterocycles. The third kappa shape index (κ3) is 5.30. The van der Waals surface area contributed by atoms with Crippen LogP contribution >= 0.6 is 0 Å². The summed E-state index contributed by atoms with van der Waals surface area (Å²) >= 11 is 0. The largest absolute Gasteiger partial charge is 0.466 e. The minimum absolute atomic E-state index is 0.207. The van der Waals surface area contributed by atoms with Crippen LogP contribution in [-0.4, -0.2) is 12.6 Å². The van der Waals surface area contributed by atoms with Gasteiger partial charge in [-0.3, -0.25) is 4.79 Å². The van der Waals surface area contributed by atoms with Crippen molar-refractivity contribution in [2.75, 3.05) is 6.61 Å². The van der Waals surface area contributed by atoms with E-state index in [1.54, 1.807) is 6.92 Å². The molecular formula is C22H31NO2. The van der Waals surface area contributed by atoms with E-state index < -0.39 is 0 Å². The summed E-state index contributed by atoms with van der Waals surface area (Å²) in [7, 11) is 0. The molecule has 1 aromatic rings. The van der Waals surface area contributed by atoms with Crippen molar-refractivity contribution in [1.29, 1.82) is 0 Å². The van der Waals surface area contributed by atoms with Gasteiger partial charge in [0.2, 0.25) is 0 Å². The fourth-order valence-corrected chi connectivity index (χ4v) is 3.60. The van der Waals surface area contributed by atoms with Gasteiger partial charge in [-0.1, -0.05) is 55.8 Å². The highest BCUT2D eigenvalue weighted by atomic mass is 16.5. The summed E-state index contributed by atoms with van der Waals surface area (Å²) in [5, 5.41) is 0. The van der Waals surface area contributed by atoms with Crippen molar-refractivity contribution >= 4 is 12.0 Å². The van der Waals surface area contributed by atoms with Crippen LogP contribution in [0.5, 0.6) is 0 Å². The zero-order valence-corrected chi connectivity index (χ0v) is 16.0. The minimum atomic E-state index is -0.334. The van der Waals surface area contributed by atoms with Crippen LogP contribution in [0.25, 0.3) is 6.08 Å². The van der Waals surface area contributed by atoms with Gasteiger partial charge in [0.1, 0.15) is 0 Å². The molecule has 2 N–H and O–H groups in total. The highest BCUT2D eigenvalue weighted by Gasteiger charge is 2.26. The Bertz CT molecular complexity index is 670. The lowest BCUT2D eigenvalue weighted by Crippen LogP contribution is -2.19. The Balaban J connectivity index is 2.15. The molecule has 0 bridgehead atoms. The molecule has 2 rings (SSSR count). The number of hydrogen-bond acceptors (Lipinski definition) is 3. The van der Waals surface area contributed by atoms with Gasteiger partial charge in [0.25, 0.3) is 0 Å². The molecule has 25 heavy (non-hydrogen) atoms. The Morgan fingerprint density at radius 1 is 1.36 bits per heavy atom. The highest BCUT2D eigenvalue weighted by Crippen LogP contribution is 2.40. The average molecular weight is 341 g/mol. The number of nitrogens with two attached hydrogens (primary N) is 1. The summed E-state index contributed by atoms with van der Waals surface area (Å²) in [6.45, 7) is 9.07. The number of ether oxygens (including phenoxy) is 1. The number of benzene rings is 1. The van der Waals surface area contributed by atoms with E-state index in [0.717, 1.165) is 11.1 Å². The molecule has 0 aromatic heterocycles. The second kappa shape index (κ2) is 8.48. The topological polar surface area (TPSA) is 52.3 Å². The first-order valence-corrected chi connectivity index (χ1v) is 9.23. The maximum atomic E-state index is 11.6. The maximum Gasteiger partial charge on any atom is 0.307 e. The zero-order valence-electron chi connectivity index (χ0n) is 16.0. The Morgan fingerprint density at radius 2 is 2.12 bits per heavy atom. The number of hydrogen-bond donors (Lipinski definition) is 1. The summed E-state index contributed by atoms with van der Waals surface area (Å²) in [6, 6.07) is 7.76. The van der Waals surface area contributed by atoms with E-state index in [1.807, 2.05) is 12.1 Å². The molecule has 136 valence electrons. The van der Waals surface area contributed by atoms with Crippen LogP contribution < -0.4 is 5.73 Å². The van der Waals surface area contributed by atoms with Crippen molar-refractivity contribution in [1.82, 2.24) is 0 Å². The standard InChI is InChI=1S/C22H31NO2/c1-5-25-21(24)15-20(23)18-10-6-9-17(14-18)11-12-19-16(2)8-7-13-22(19,3)4/h6,9-12,14,20H,5,7-8,13,15,23H2,1-4H3. The second-order valence-electron chi connectivity index (χ2n) is 7.55. The van der Waals surface area contributed by atoms with Gasteiger partial charge in [-0.05, 0) is 55.2 Å². The first-order chi connectivity index (χ1) is 11.8. The Morgan fingerprint density at radius 3 is 2.80 bits per heavy atom. The lowest BCUT2D eigenvalue weighted by molar-refractivity contribution is -0.143. The molecule has 0 fully saturated rings. The molecule has 1 atom stereocenters. The van der Waals surface area contributed by atoms with Crippen molar-refractivity contribution < 1.29 is 9.53 Å². The van der Waals surface area contributed by atoms with Crippen LogP contribution in [0.1, 0.15) is 70.5 Å². The molecule has 0 saturated heterocycles. The third-order valence-corrected chi connectivity index (χ3v) is 5.02. The molecule has 1 unspecified atom stereocenters. The molecular weight excluding hydrogens is 310 g/mol. The fourth-order valence-electron chi connectivity index (χ4n) is 3.60. The first-order valence-electron chi connectivity index (χ1n) is 9.23. The van der Waals surface area contributed by atoms with Crippen LogP contribution in [0.3, 0.4) is 0 Å². The quantitative estimate of drug-likeness (QED) is 0.725. The Kier molecular flexibility index (Phi) is 6.60. The number of carbonyl (C=O) groups excluding carboxylic acids is 1. The third-order valence-electron chi connectivity index (χ3n) is 5.02. The van der Waals surface area contributed by atoms with Gasteiger partial charge in [-0.25, -0.2) is 0 Å². The first kappa shape index (κ1) is 19.5. The molecule has 0 spiro atoms. The van der Waals surface area contributed by atoms with Crippen LogP contribution in [0.4, 0.5) is 0 Å². The lowest BCUT2D eigenvalue weighted by atomic mass is 9.72. The van der Waals surface area contributed by atoms with Crippen molar-refractivity contribution in [3.63, 3.8) is 0 Å². The number of allylic oxidation sites excluding steroid dienone is 3. The van der Waals surface area contributed by atoms with Gasteiger partial charge in [-0.2, -0.15) is 0 Å². The summed E-state index contributed by atoms with van der Waals surface area (Å²) in [4.78, 5) is 11.6. The summed E-state index contributed by atoms with van der Waals surface area (Å²) in [5.74, 6) is -0.249. The molecule has 1 aliphatic rings. The van der Waals surface area contributed by atoms with Crippen LogP contribution in [0.15, 0.2) is 41.5 Å². The van der Waals surface area contributed by atoms with E-state index in [0.29, 0.717) is 6.61 Å². The Hall–Kier alpha value is -1.87. The summed E-state index contributed by atoms with van der Waals surface area (Å²) < 4.78 is 4.99. The van der Waals surface area contributed by atoms with Crippen molar-refractivity contribution in [2.45, 2.75) is 59.4 Å². The summed E-state index contributed by atoms with van der Waals surface area (Å²) in [5.41, 5.74) is 11.4. The van der Waals surface area contributed by atoms with Crippen molar-refractivity contribution in [3.8, 4) is 0 Å². The predicted octanol–water partition coefficient (Wildman–Crippen LogP) is 5.18. The molecule has 1 aliphatic carbocycles. The highest BCUT2D eigenvalue weighted by molar-refractivity contribution is 5.70. The van der Waals surface area contributed by atoms with Gasteiger partial charge < -0.3 is 10.5 Å². The second-order valence-corrected chi connectivity index (χ2v) is 7.55. The fraction of sp³-hybridized carbons (Fsp3) is 0.500. The molecule has 0 saturated carbocycles. The van der Waals surface area contributed by atoms with E-state index in [9.17, 15) is 4.79 Å². The van der Waals surface area contributed by atoms with Crippen LogP contribution in [0.2, 0.25) is 0 Å². The minimum Gasteiger partial charge on any atom is -0.466 e. The number of carbonyl (C=O) groups is 1. The van der Waals surface area contributed by atoms with Crippen molar-refractivity contribution in [2.24, 2.45) is 11.1 Å². The Labute approximate surface area is 152 Å². The van der Waals surface area contributed by atoms with Crippen LogP contribution in [-0.2, 0) is 9.53 Å². The van der Waals surface area contributed by atoms with E-state index in [2.05, 4.69) is 45.1 Å². The van der Waals surface area contributed by atoms with Gasteiger partial charge in [-0.15, -0.1) is 0 Å². The van der Waals surface area contributed by atoms with E-state index in [-0.39, 0.29) is 23.8 Å². The van der Waals surface area contributed by atoms with Crippen LogP contribution in [0, 0.1) is 5.41 Å². The SMILES string of the molecule is CCOC(=O)CC(N)c1cccc(C=CC2=C(C)CCCC2(C)C)c1. The van der Waals surface area contributed by atoms with Gasteiger partial charge in [0.15, 0.2) is 0 Å². The normalized spacial score (nSPS) is 18.4.